The van der Waals surface area contributed by atoms with Crippen molar-refractivity contribution in [2.24, 2.45) is 4.99 Å². The van der Waals surface area contributed by atoms with Crippen molar-refractivity contribution in [3.63, 3.8) is 0 Å². The van der Waals surface area contributed by atoms with Gasteiger partial charge in [0.15, 0.2) is 15.8 Å². The van der Waals surface area contributed by atoms with Gasteiger partial charge in [-0.3, -0.25) is 9.89 Å². The van der Waals surface area contributed by atoms with Gasteiger partial charge in [-0.1, -0.05) is 13.8 Å². The van der Waals surface area contributed by atoms with Crippen LogP contribution in [-0.4, -0.2) is 74.4 Å². The van der Waals surface area contributed by atoms with Crippen LogP contribution in [0.15, 0.2) is 27.8 Å². The molecule has 27 heavy (non-hydrogen) atoms. The fraction of sp³-hybridized carbons (Fsp3) is 0.722. The van der Waals surface area contributed by atoms with Gasteiger partial charge in [0.1, 0.15) is 5.76 Å². The van der Waals surface area contributed by atoms with Crippen molar-refractivity contribution in [3.8, 4) is 0 Å². The number of rotatable bonds is 6. The molecule has 1 aliphatic heterocycles. The lowest BCUT2D eigenvalue weighted by atomic mass is 10.1. The van der Waals surface area contributed by atoms with Crippen molar-refractivity contribution in [1.29, 1.82) is 0 Å². The van der Waals surface area contributed by atoms with E-state index in [4.69, 9.17) is 4.42 Å². The summed E-state index contributed by atoms with van der Waals surface area (Å²) < 4.78 is 29.3. The normalized spacial score (nSPS) is 20.2. The van der Waals surface area contributed by atoms with Gasteiger partial charge < -0.3 is 14.6 Å². The van der Waals surface area contributed by atoms with Crippen LogP contribution in [-0.2, 0) is 9.84 Å². The minimum absolute atomic E-state index is 0. The standard InChI is InChI=1S/C18H32N4O3S.HI/c1-6-21(7-2)15(16-9-8-11-25-16)13-20-17(19-5)22-10-12-26(23,24)18(3,4)14-22;/h8-9,11,15H,6-7,10,12-14H2,1-5H3,(H,19,20);1H. The number of furan rings is 1. The lowest BCUT2D eigenvalue weighted by molar-refractivity contribution is 0.192. The molecule has 0 spiro atoms. The first kappa shape index (κ1) is 24.2. The molecule has 1 unspecified atom stereocenters. The first-order valence-corrected chi connectivity index (χ1v) is 10.9. The monoisotopic (exact) mass is 512 g/mol. The molecule has 0 aliphatic carbocycles. The van der Waals surface area contributed by atoms with Gasteiger partial charge in [-0.25, -0.2) is 8.42 Å². The maximum absolute atomic E-state index is 12.2. The van der Waals surface area contributed by atoms with E-state index in [2.05, 4.69) is 29.1 Å². The van der Waals surface area contributed by atoms with Gasteiger partial charge in [0.05, 0.1) is 22.8 Å². The highest BCUT2D eigenvalue weighted by atomic mass is 127. The molecule has 156 valence electrons. The highest BCUT2D eigenvalue weighted by Gasteiger charge is 2.41. The molecule has 7 nitrogen and oxygen atoms in total. The van der Waals surface area contributed by atoms with Gasteiger partial charge in [0.25, 0.3) is 0 Å². The quantitative estimate of drug-likeness (QED) is 0.358. The van der Waals surface area contributed by atoms with E-state index in [0.29, 0.717) is 19.6 Å². The van der Waals surface area contributed by atoms with E-state index in [0.717, 1.165) is 24.8 Å². The Bertz CT molecular complexity index is 700. The minimum Gasteiger partial charge on any atom is -0.468 e. The summed E-state index contributed by atoms with van der Waals surface area (Å²) in [6.45, 7) is 11.2. The first-order chi connectivity index (χ1) is 12.3. The van der Waals surface area contributed by atoms with E-state index in [1.807, 2.05) is 17.0 Å². The molecule has 9 heteroatoms. The molecule has 1 atom stereocenters. The molecular weight excluding hydrogens is 479 g/mol. The van der Waals surface area contributed by atoms with Crippen LogP contribution in [0.1, 0.15) is 39.5 Å². The number of sulfone groups is 1. The zero-order chi connectivity index (χ0) is 19.4. The van der Waals surface area contributed by atoms with Crippen LogP contribution in [0.25, 0.3) is 0 Å². The van der Waals surface area contributed by atoms with Gasteiger partial charge in [0.2, 0.25) is 0 Å². The van der Waals surface area contributed by atoms with Crippen molar-refractivity contribution < 1.29 is 12.8 Å². The summed E-state index contributed by atoms with van der Waals surface area (Å²) in [5.41, 5.74) is 0. The Morgan fingerprint density at radius 3 is 2.56 bits per heavy atom. The van der Waals surface area contributed by atoms with Gasteiger partial charge in [-0.05, 0) is 39.1 Å². The molecule has 1 N–H and O–H groups in total. The Hall–Kier alpha value is -0.810. The van der Waals surface area contributed by atoms with Gasteiger partial charge in [-0.15, -0.1) is 24.0 Å². The number of nitrogens with zero attached hydrogens (tertiary/aromatic N) is 3. The predicted octanol–water partition coefficient (Wildman–Crippen LogP) is 2.36. The highest BCUT2D eigenvalue weighted by molar-refractivity contribution is 14.0. The molecule has 1 aromatic rings. The molecule has 0 saturated carbocycles. The van der Waals surface area contributed by atoms with Gasteiger partial charge in [0, 0.05) is 26.7 Å². The smallest absolute Gasteiger partial charge is 0.193 e. The van der Waals surface area contributed by atoms with Gasteiger partial charge >= 0.3 is 0 Å². The SMILES string of the molecule is CCN(CC)C(CNC(=NC)N1CCS(=O)(=O)C(C)(C)C1)c1ccco1.I. The topological polar surface area (TPSA) is 78.1 Å². The number of halogens is 1. The third-order valence-electron chi connectivity index (χ3n) is 5.13. The van der Waals surface area contributed by atoms with Crippen LogP contribution in [0.4, 0.5) is 0 Å². The van der Waals surface area contributed by atoms with Crippen LogP contribution < -0.4 is 5.32 Å². The van der Waals surface area contributed by atoms with Crippen molar-refractivity contribution in [2.45, 2.75) is 38.5 Å². The maximum Gasteiger partial charge on any atom is 0.193 e. The number of hydrogen-bond donors (Lipinski definition) is 1. The summed E-state index contributed by atoms with van der Waals surface area (Å²) in [6, 6.07) is 3.99. The van der Waals surface area contributed by atoms with Crippen LogP contribution in [0.2, 0.25) is 0 Å². The van der Waals surface area contributed by atoms with E-state index in [-0.39, 0.29) is 35.8 Å². The molecule has 2 rings (SSSR count). The van der Waals surface area contributed by atoms with Crippen LogP contribution in [0.5, 0.6) is 0 Å². The van der Waals surface area contributed by atoms with Crippen molar-refractivity contribution >= 4 is 39.8 Å². The van der Waals surface area contributed by atoms with E-state index >= 15 is 0 Å². The van der Waals surface area contributed by atoms with Crippen LogP contribution >= 0.6 is 24.0 Å². The number of likely N-dealkylation sites (N-methyl/N-ethyl adjacent to an activating group) is 1. The van der Waals surface area contributed by atoms with Gasteiger partial charge in [-0.2, -0.15) is 0 Å². The maximum atomic E-state index is 12.2. The van der Waals surface area contributed by atoms with E-state index in [9.17, 15) is 8.42 Å². The molecule has 0 radical (unpaired) electrons. The molecule has 2 heterocycles. The Labute approximate surface area is 180 Å². The van der Waals surface area contributed by atoms with Crippen LogP contribution in [0, 0.1) is 0 Å². The second-order valence-corrected chi connectivity index (χ2v) is 9.92. The zero-order valence-corrected chi connectivity index (χ0v) is 20.1. The number of nitrogens with one attached hydrogen (secondary N) is 1. The first-order valence-electron chi connectivity index (χ1n) is 9.21. The third-order valence-corrected chi connectivity index (χ3v) is 7.67. The van der Waals surface area contributed by atoms with Crippen molar-refractivity contribution in [2.75, 3.05) is 45.5 Å². The Kier molecular flexibility index (Phi) is 9.07. The number of hydrogen-bond acceptors (Lipinski definition) is 5. The third kappa shape index (κ3) is 5.60. The summed E-state index contributed by atoms with van der Waals surface area (Å²) >= 11 is 0. The fourth-order valence-corrected chi connectivity index (χ4v) is 4.77. The second kappa shape index (κ2) is 10.1. The lowest BCUT2D eigenvalue weighted by Gasteiger charge is -2.39. The molecule has 0 amide bonds. The van der Waals surface area contributed by atoms with E-state index in [1.54, 1.807) is 27.2 Å². The Morgan fingerprint density at radius 2 is 2.07 bits per heavy atom. The molecule has 1 fully saturated rings. The van der Waals surface area contributed by atoms with Crippen molar-refractivity contribution in [1.82, 2.24) is 15.1 Å². The predicted molar refractivity (Wildman–Crippen MR) is 121 cm³/mol. The fourth-order valence-electron chi connectivity index (χ4n) is 3.40. The second-order valence-electron chi connectivity index (χ2n) is 7.18. The molecule has 1 saturated heterocycles. The average Bonchev–Trinajstić information content (AvgIpc) is 3.12. The summed E-state index contributed by atoms with van der Waals surface area (Å²) in [6.07, 6.45) is 1.69. The molecule has 1 aliphatic rings. The Balaban J connectivity index is 0.00000364. The lowest BCUT2D eigenvalue weighted by Crippen LogP contribution is -2.57. The minimum atomic E-state index is -3.07. The molecule has 1 aromatic heterocycles. The molecular formula is C18H33IN4O3S. The summed E-state index contributed by atoms with van der Waals surface area (Å²) in [5, 5.41) is 3.42. The highest BCUT2D eigenvalue weighted by Crippen LogP contribution is 2.24. The average molecular weight is 512 g/mol. The number of aliphatic imine (C=N–C) groups is 1. The molecule has 0 bridgehead atoms. The van der Waals surface area contributed by atoms with E-state index in [1.165, 1.54) is 0 Å². The van der Waals surface area contributed by atoms with Crippen molar-refractivity contribution in [3.05, 3.63) is 24.2 Å². The number of guanidine groups is 1. The largest absolute Gasteiger partial charge is 0.468 e. The van der Waals surface area contributed by atoms with E-state index < -0.39 is 14.6 Å². The summed E-state index contributed by atoms with van der Waals surface area (Å²) in [7, 11) is -1.34. The van der Waals surface area contributed by atoms with Crippen LogP contribution in [0.3, 0.4) is 0 Å². The summed E-state index contributed by atoms with van der Waals surface area (Å²) in [5.74, 6) is 1.80. The molecule has 0 aromatic carbocycles. The zero-order valence-electron chi connectivity index (χ0n) is 16.9. The Morgan fingerprint density at radius 1 is 1.41 bits per heavy atom. The summed E-state index contributed by atoms with van der Waals surface area (Å²) in [4.78, 5) is 8.73.